The highest BCUT2D eigenvalue weighted by molar-refractivity contribution is 8.26. The lowest BCUT2D eigenvalue weighted by atomic mass is 10.1. The normalized spacial score (nSPS) is 15.7. The fraction of sp³-hybridized carbons (Fsp3) is 0.208. The van der Waals surface area contributed by atoms with Gasteiger partial charge in [0, 0.05) is 31.7 Å². The molecule has 1 aliphatic heterocycles. The molecular weight excluding hydrogens is 488 g/mol. The summed E-state index contributed by atoms with van der Waals surface area (Å²) in [5.74, 6) is -1.58. The first kappa shape index (κ1) is 24.6. The number of aliphatic hydroxyl groups excluding tert-OH is 1. The van der Waals surface area contributed by atoms with Crippen LogP contribution in [0.15, 0.2) is 58.4 Å². The number of thiocarbonyl (C=S) groups is 1. The first-order valence-corrected chi connectivity index (χ1v) is 11.9. The maximum atomic E-state index is 13.4. The quantitative estimate of drug-likeness (QED) is 0.343. The standard InChI is InChI=1S/C24H22N4O5S2/c1-14-6-5-10-27-21(14)26-20(25-13-17(29)15-7-3-2-4-8-15)16(22(27)32)12-18-23(33)28(24(34)35-18)11-9-19(30)31/h2-8,10,12,17,25,29H,9,11,13H2,1H3,(H,30,31)/p-1/b18-12-/t17-/m1/s1. The Kier molecular flexibility index (Phi) is 7.29. The Labute approximate surface area is 210 Å². The number of rotatable bonds is 8. The van der Waals surface area contributed by atoms with Crippen molar-refractivity contribution < 1.29 is 19.8 Å². The van der Waals surface area contributed by atoms with Crippen molar-refractivity contribution in [3.63, 3.8) is 0 Å². The molecule has 0 aliphatic carbocycles. The number of benzene rings is 1. The predicted molar refractivity (Wildman–Crippen MR) is 136 cm³/mol. The van der Waals surface area contributed by atoms with Gasteiger partial charge in [-0.1, -0.05) is 60.4 Å². The zero-order chi connectivity index (χ0) is 25.1. The number of fused-ring (bicyclic) bond motifs is 1. The molecule has 9 nitrogen and oxygen atoms in total. The topological polar surface area (TPSA) is 127 Å². The van der Waals surface area contributed by atoms with E-state index in [1.165, 1.54) is 15.4 Å². The third-order valence-electron chi connectivity index (χ3n) is 5.42. The van der Waals surface area contributed by atoms with E-state index in [1.807, 2.05) is 31.2 Å². The number of nitrogens with zero attached hydrogens (tertiary/aromatic N) is 3. The lowest BCUT2D eigenvalue weighted by Crippen LogP contribution is -2.33. The molecule has 1 saturated heterocycles. The summed E-state index contributed by atoms with van der Waals surface area (Å²) < 4.78 is 1.58. The van der Waals surface area contributed by atoms with Gasteiger partial charge in [0.2, 0.25) is 0 Å². The molecule has 2 N–H and O–H groups in total. The summed E-state index contributed by atoms with van der Waals surface area (Å²) in [5.41, 5.74) is 1.62. The van der Waals surface area contributed by atoms with Gasteiger partial charge in [0.1, 0.15) is 15.8 Å². The Morgan fingerprint density at radius 1 is 1.26 bits per heavy atom. The number of aromatic nitrogens is 2. The summed E-state index contributed by atoms with van der Waals surface area (Å²) in [7, 11) is 0. The van der Waals surface area contributed by atoms with Crippen molar-refractivity contribution >= 4 is 57.7 Å². The molecule has 2 aromatic heterocycles. The summed E-state index contributed by atoms with van der Waals surface area (Å²) in [5, 5.41) is 24.5. The molecule has 1 atom stereocenters. The second-order valence-corrected chi connectivity index (χ2v) is 9.50. The average molecular weight is 510 g/mol. The van der Waals surface area contributed by atoms with E-state index in [2.05, 4.69) is 10.3 Å². The van der Waals surface area contributed by atoms with Gasteiger partial charge in [-0.3, -0.25) is 18.9 Å². The minimum absolute atomic E-state index is 0.0753. The van der Waals surface area contributed by atoms with Gasteiger partial charge in [0.15, 0.2) is 0 Å². The van der Waals surface area contributed by atoms with E-state index in [9.17, 15) is 24.6 Å². The molecule has 1 amide bonds. The van der Waals surface area contributed by atoms with Crippen LogP contribution in [0.2, 0.25) is 0 Å². The number of nitrogens with one attached hydrogen (secondary N) is 1. The fourth-order valence-corrected chi connectivity index (χ4v) is 4.88. The number of aliphatic hydroxyl groups is 1. The number of hydrogen-bond donors (Lipinski definition) is 2. The van der Waals surface area contributed by atoms with Crippen molar-refractivity contribution in [2.24, 2.45) is 0 Å². The first-order valence-electron chi connectivity index (χ1n) is 10.7. The van der Waals surface area contributed by atoms with Crippen LogP contribution in [0.1, 0.15) is 29.2 Å². The molecule has 0 radical (unpaired) electrons. The van der Waals surface area contributed by atoms with Gasteiger partial charge in [0.25, 0.3) is 11.5 Å². The summed E-state index contributed by atoms with van der Waals surface area (Å²) >= 11 is 6.21. The van der Waals surface area contributed by atoms with Crippen LogP contribution >= 0.6 is 24.0 Å². The molecule has 1 aromatic carbocycles. The van der Waals surface area contributed by atoms with Crippen LogP contribution in [0.3, 0.4) is 0 Å². The van der Waals surface area contributed by atoms with Gasteiger partial charge < -0.3 is 20.3 Å². The minimum Gasteiger partial charge on any atom is -0.550 e. The van der Waals surface area contributed by atoms with Gasteiger partial charge in [-0.2, -0.15) is 0 Å². The molecular formula is C24H21N4O5S2-. The zero-order valence-electron chi connectivity index (χ0n) is 18.6. The first-order chi connectivity index (χ1) is 16.8. The fourth-order valence-electron chi connectivity index (χ4n) is 3.59. The number of carbonyl (C=O) groups is 2. The predicted octanol–water partition coefficient (Wildman–Crippen LogP) is 1.49. The van der Waals surface area contributed by atoms with Gasteiger partial charge in [-0.25, -0.2) is 4.98 Å². The number of aryl methyl sites for hydroxylation is 1. The Balaban J connectivity index is 1.73. The van der Waals surface area contributed by atoms with Crippen molar-refractivity contribution in [3.05, 3.63) is 80.6 Å². The highest BCUT2D eigenvalue weighted by atomic mass is 32.2. The SMILES string of the molecule is Cc1cccn2c(=O)c(/C=C3\SC(=S)N(CCC(=O)[O-])C3=O)c(NC[C@@H](O)c3ccccc3)nc12. The summed E-state index contributed by atoms with van der Waals surface area (Å²) in [6.45, 7) is 1.78. The van der Waals surface area contributed by atoms with Crippen LogP contribution in [-0.4, -0.2) is 48.7 Å². The van der Waals surface area contributed by atoms with Crippen LogP contribution in [0.25, 0.3) is 11.7 Å². The molecule has 3 heterocycles. The lowest BCUT2D eigenvalue weighted by Gasteiger charge is -2.16. The summed E-state index contributed by atoms with van der Waals surface area (Å²) in [4.78, 5) is 43.1. The molecule has 3 aromatic rings. The van der Waals surface area contributed by atoms with Gasteiger partial charge in [-0.05, 0) is 30.2 Å². The number of amides is 1. The summed E-state index contributed by atoms with van der Waals surface area (Å²) in [6.07, 6.45) is 1.77. The lowest BCUT2D eigenvalue weighted by molar-refractivity contribution is -0.305. The van der Waals surface area contributed by atoms with E-state index >= 15 is 0 Å². The molecule has 4 rings (SSSR count). The molecule has 180 valence electrons. The molecule has 0 spiro atoms. The summed E-state index contributed by atoms with van der Waals surface area (Å²) in [6, 6.07) is 12.6. The number of thioether (sulfide) groups is 1. The number of carboxylic acids is 1. The zero-order valence-corrected chi connectivity index (χ0v) is 20.3. The maximum absolute atomic E-state index is 13.4. The van der Waals surface area contributed by atoms with Crippen molar-refractivity contribution in [1.82, 2.24) is 14.3 Å². The number of carboxylic acid groups (broad SMARTS) is 1. The van der Waals surface area contributed by atoms with Crippen molar-refractivity contribution in [2.45, 2.75) is 19.4 Å². The van der Waals surface area contributed by atoms with Crippen LogP contribution in [0.5, 0.6) is 0 Å². The van der Waals surface area contributed by atoms with E-state index in [1.54, 1.807) is 24.4 Å². The molecule has 11 heteroatoms. The Hall–Kier alpha value is -3.54. The Morgan fingerprint density at radius 3 is 2.71 bits per heavy atom. The molecule has 0 saturated carbocycles. The minimum atomic E-state index is -1.29. The highest BCUT2D eigenvalue weighted by Crippen LogP contribution is 2.33. The van der Waals surface area contributed by atoms with Crippen molar-refractivity contribution in [3.8, 4) is 0 Å². The van der Waals surface area contributed by atoms with E-state index in [0.717, 1.165) is 17.3 Å². The number of carbonyl (C=O) groups excluding carboxylic acids is 2. The van der Waals surface area contributed by atoms with Crippen LogP contribution in [0, 0.1) is 6.92 Å². The van der Waals surface area contributed by atoms with Crippen LogP contribution in [-0.2, 0) is 9.59 Å². The largest absolute Gasteiger partial charge is 0.550 e. The van der Waals surface area contributed by atoms with E-state index in [4.69, 9.17) is 12.2 Å². The van der Waals surface area contributed by atoms with Crippen LogP contribution < -0.4 is 16.0 Å². The second kappa shape index (κ2) is 10.4. The molecule has 0 unspecified atom stereocenters. The van der Waals surface area contributed by atoms with Gasteiger partial charge in [-0.15, -0.1) is 0 Å². The Morgan fingerprint density at radius 2 is 2.00 bits per heavy atom. The third-order valence-corrected chi connectivity index (χ3v) is 6.80. The number of hydrogen-bond acceptors (Lipinski definition) is 9. The molecule has 1 fully saturated rings. The Bertz CT molecular complexity index is 1400. The van der Waals surface area contributed by atoms with Crippen molar-refractivity contribution in [1.29, 1.82) is 0 Å². The monoisotopic (exact) mass is 509 g/mol. The molecule has 1 aliphatic rings. The van der Waals surface area contributed by atoms with E-state index in [-0.39, 0.29) is 40.1 Å². The number of anilines is 1. The van der Waals surface area contributed by atoms with E-state index in [0.29, 0.717) is 11.2 Å². The average Bonchev–Trinajstić information content (AvgIpc) is 3.11. The molecule has 35 heavy (non-hydrogen) atoms. The maximum Gasteiger partial charge on any atom is 0.267 e. The van der Waals surface area contributed by atoms with E-state index < -0.39 is 23.5 Å². The van der Waals surface area contributed by atoms with Crippen molar-refractivity contribution in [2.75, 3.05) is 18.4 Å². The van der Waals surface area contributed by atoms with Gasteiger partial charge in [0.05, 0.1) is 16.6 Å². The highest BCUT2D eigenvalue weighted by Gasteiger charge is 2.32. The number of aliphatic carboxylic acids is 1. The molecule has 0 bridgehead atoms. The van der Waals surface area contributed by atoms with Crippen LogP contribution in [0.4, 0.5) is 5.82 Å². The third kappa shape index (κ3) is 5.26. The van der Waals surface area contributed by atoms with Gasteiger partial charge >= 0.3 is 0 Å². The smallest absolute Gasteiger partial charge is 0.267 e. The number of pyridine rings is 1. The second-order valence-electron chi connectivity index (χ2n) is 7.83.